The average Bonchev–Trinajstić information content (AvgIpc) is 0.838. The molecule has 0 bridgehead atoms. The maximum Gasteiger partial charge on any atom is 0.306 e. The molecule has 0 spiro atoms. The van der Waals surface area contributed by atoms with Gasteiger partial charge in [-0.3, -0.25) is 127 Å². The van der Waals surface area contributed by atoms with Crippen molar-refractivity contribution in [3.05, 3.63) is 0 Å². The molecular formula is C96H154N12O28. The van der Waals surface area contributed by atoms with Crippen LogP contribution >= 0.6 is 0 Å². The Balaban J connectivity index is 7.66. The van der Waals surface area contributed by atoms with E-state index in [0.29, 0.717) is 68.5 Å². The SMILES string of the molecule is CCC(=O)CN=C(C)CCC(=O)OCC(COCC(COC(=O)CCC(C)=NC)(COC(=O)CCC(C)=NC)COC(=O)CCC(C)=NCC(=O)CN=C(C)CCC(=O)OCC(COCC(COC(=O)CCC(C)=NC)(COC(=O)CCC(C)=NC)COC(=O)CCC(C)=NC)(COC(=O)CCC(C)=NC)COC(=O)CCC(C)=NC)(COC(=O)CCC(C)=NC)COC(=O)CCC(C)=NC. The van der Waals surface area contributed by atoms with E-state index in [-0.39, 0.29) is 186 Å². The summed E-state index contributed by atoms with van der Waals surface area (Å²) >= 11 is 0. The molecule has 40 nitrogen and oxygen atoms in total. The molecule has 40 heteroatoms. The van der Waals surface area contributed by atoms with E-state index in [0.717, 1.165) is 0 Å². The molecule has 0 aromatic heterocycles. The van der Waals surface area contributed by atoms with Gasteiger partial charge in [0, 0.05) is 138 Å². The molecule has 0 saturated heterocycles. The second-order valence-corrected chi connectivity index (χ2v) is 34.1. The fourth-order valence-corrected chi connectivity index (χ4v) is 11.1. The fraction of sp³-hybridized carbons (Fsp3) is 0.729. The molecule has 0 aliphatic heterocycles. The zero-order valence-electron chi connectivity index (χ0n) is 84.9. The van der Waals surface area contributed by atoms with Crippen LogP contribution in [0.25, 0.3) is 0 Å². The molecule has 0 saturated carbocycles. The lowest BCUT2D eigenvalue weighted by molar-refractivity contribution is -0.179. The van der Waals surface area contributed by atoms with Gasteiger partial charge in [0.2, 0.25) is 0 Å². The molecule has 0 aromatic rings. The number of nitrogens with zero attached hydrogens (tertiary/aromatic N) is 12. The Bertz CT molecular complexity index is 4000. The number of ether oxygens (including phenoxy) is 14. The number of hydrogen-bond donors (Lipinski definition) is 0. The van der Waals surface area contributed by atoms with Gasteiger partial charge in [0.05, 0.1) is 145 Å². The van der Waals surface area contributed by atoms with Gasteiger partial charge in [-0.25, -0.2) is 0 Å². The number of carbonyl (C=O) groups is 14. The predicted octanol–water partition coefficient (Wildman–Crippen LogP) is 10.6. The quantitative estimate of drug-likeness (QED) is 0.0310. The van der Waals surface area contributed by atoms with Gasteiger partial charge in [-0.05, 0) is 160 Å². The Kier molecular flexibility index (Phi) is 66.4. The predicted molar refractivity (Wildman–Crippen MR) is 519 cm³/mol. The van der Waals surface area contributed by atoms with Crippen LogP contribution < -0.4 is 0 Å². The maximum atomic E-state index is 14.0. The third-order valence-electron chi connectivity index (χ3n) is 21.8. The van der Waals surface area contributed by atoms with Gasteiger partial charge in [0.25, 0.3) is 0 Å². The Hall–Kier alpha value is -11.1. The third kappa shape index (κ3) is 61.8. The lowest BCUT2D eigenvalue weighted by Crippen LogP contribution is -2.47. The van der Waals surface area contributed by atoms with Crippen LogP contribution in [0.4, 0.5) is 0 Å². The van der Waals surface area contributed by atoms with Gasteiger partial charge >= 0.3 is 71.6 Å². The molecule has 766 valence electrons. The van der Waals surface area contributed by atoms with Gasteiger partial charge in [0.1, 0.15) is 79.3 Å². The van der Waals surface area contributed by atoms with Crippen LogP contribution in [0.2, 0.25) is 0 Å². The molecule has 0 atom stereocenters. The first kappa shape index (κ1) is 125. The largest absolute Gasteiger partial charge is 0.465 e. The Labute approximate surface area is 802 Å². The molecule has 0 amide bonds. The van der Waals surface area contributed by atoms with E-state index in [1.54, 1.807) is 153 Å². The van der Waals surface area contributed by atoms with E-state index < -0.39 is 205 Å². The summed E-state index contributed by atoms with van der Waals surface area (Å²) in [6.45, 7) is 12.5. The standard InChI is InChI=1S/C96H154N12O28/c1-23-79(109)48-106-76(11)33-45-90(120)134-64-94(58-128-84(114)39-27-70(5)100-17,59-129-85(115)40-28-71(6)101-18)53-124-54-96(62-132-88(118)43-31-74(9)104-21,63-133-89(119)44-32-75(10)105-22)66-136-92(122)47-35-78(13)108-50-80(110)49-107-77(12)34-46-91(121)135-65-95(60-130-86(116)41-29-72(7)102-19,61-131-87(117)42-30-73(8)103-20)52-123-51-93(55-125-81(111)36-24-67(2)97-14,56-126-82(112)37-25-68(3)98-15)57-127-83(113)38-26-69(4)99-16/h23-66H2,1-22H3. The van der Waals surface area contributed by atoms with Crippen LogP contribution in [0, 0.1) is 21.7 Å². The summed E-state index contributed by atoms with van der Waals surface area (Å²) in [6.07, 6.45) is 0.657. The molecule has 0 fully saturated rings. The number of rotatable bonds is 75. The molecular weight excluding hydrogens is 1770 g/mol. The number of aliphatic imine (C=N–C) groups is 12. The van der Waals surface area contributed by atoms with Crippen molar-refractivity contribution >= 4 is 152 Å². The highest BCUT2D eigenvalue weighted by atomic mass is 16.6. The monoisotopic (exact) mass is 1920 g/mol. The number of ketones is 2. The molecule has 0 aliphatic rings. The molecule has 0 radical (unpaired) electrons. The molecule has 0 unspecified atom stereocenters. The second kappa shape index (κ2) is 72.3. The number of esters is 12. The first-order valence-electron chi connectivity index (χ1n) is 45.8. The van der Waals surface area contributed by atoms with E-state index in [1.807, 2.05) is 0 Å². The molecule has 0 aliphatic carbocycles. The summed E-state index contributed by atoms with van der Waals surface area (Å²) in [6, 6.07) is 0. The average molecular weight is 1920 g/mol. The Morgan fingerprint density at radius 1 is 0.169 bits per heavy atom. The van der Waals surface area contributed by atoms with Gasteiger partial charge in [0.15, 0.2) is 11.6 Å². The van der Waals surface area contributed by atoms with Crippen LogP contribution in [-0.2, 0) is 133 Å². The summed E-state index contributed by atoms with van der Waals surface area (Å²) < 4.78 is 83.5. The van der Waals surface area contributed by atoms with E-state index >= 15 is 0 Å². The van der Waals surface area contributed by atoms with Gasteiger partial charge < -0.3 is 66.3 Å². The van der Waals surface area contributed by atoms with Gasteiger partial charge in [-0.1, -0.05) is 6.92 Å². The van der Waals surface area contributed by atoms with E-state index in [1.165, 1.54) is 0 Å². The maximum absolute atomic E-state index is 14.0. The van der Waals surface area contributed by atoms with Crippen molar-refractivity contribution in [3.8, 4) is 0 Å². The zero-order valence-corrected chi connectivity index (χ0v) is 84.9. The van der Waals surface area contributed by atoms with Crippen LogP contribution in [0.3, 0.4) is 0 Å². The van der Waals surface area contributed by atoms with E-state index in [4.69, 9.17) is 66.3 Å². The molecule has 0 rings (SSSR count). The number of carbonyl (C=O) groups excluding carboxylic acids is 14. The van der Waals surface area contributed by atoms with Crippen molar-refractivity contribution in [3.63, 3.8) is 0 Å². The Morgan fingerprint density at radius 2 is 0.287 bits per heavy atom. The Morgan fingerprint density at radius 3 is 0.404 bits per heavy atom. The van der Waals surface area contributed by atoms with Crippen LogP contribution in [0.1, 0.15) is 251 Å². The summed E-state index contributed by atoms with van der Waals surface area (Å²) in [7, 11) is 14.2. The second-order valence-electron chi connectivity index (χ2n) is 34.1. The first-order chi connectivity index (χ1) is 64.5. The summed E-state index contributed by atoms with van der Waals surface area (Å²) in [5, 5.41) is 0. The highest BCUT2D eigenvalue weighted by molar-refractivity contribution is 5.94. The third-order valence-corrected chi connectivity index (χ3v) is 21.8. The normalized spacial score (nSPS) is 14.7. The van der Waals surface area contributed by atoms with Crippen LogP contribution in [-0.4, -0.2) is 341 Å². The smallest absolute Gasteiger partial charge is 0.306 e. The summed E-state index contributed by atoms with van der Waals surface area (Å²) in [4.78, 5) is 239. The van der Waals surface area contributed by atoms with Crippen molar-refractivity contribution in [2.24, 2.45) is 81.6 Å². The molecule has 0 N–H and O–H groups in total. The minimum Gasteiger partial charge on any atom is -0.465 e. The van der Waals surface area contributed by atoms with Gasteiger partial charge in [-0.2, -0.15) is 0 Å². The van der Waals surface area contributed by atoms with Crippen molar-refractivity contribution in [1.82, 2.24) is 0 Å². The minimum absolute atomic E-state index is 0.0276. The summed E-state index contributed by atoms with van der Waals surface area (Å²) in [5.41, 5.74) is 0.362. The van der Waals surface area contributed by atoms with E-state index in [9.17, 15) is 67.1 Å². The molecule has 0 heterocycles. The number of hydrogen-bond acceptors (Lipinski definition) is 40. The molecule has 136 heavy (non-hydrogen) atoms. The minimum atomic E-state index is -1.72. The lowest BCUT2D eigenvalue weighted by atomic mass is 9.90. The van der Waals surface area contributed by atoms with Crippen molar-refractivity contribution in [2.75, 3.05) is 189 Å². The highest BCUT2D eigenvalue weighted by Gasteiger charge is 2.44. The van der Waals surface area contributed by atoms with Gasteiger partial charge in [-0.15, -0.1) is 0 Å². The van der Waals surface area contributed by atoms with Crippen molar-refractivity contribution in [2.45, 2.75) is 251 Å². The fourth-order valence-electron chi connectivity index (χ4n) is 11.1. The van der Waals surface area contributed by atoms with E-state index in [2.05, 4.69) is 59.9 Å². The molecule has 0 aromatic carbocycles. The zero-order chi connectivity index (χ0) is 103. The topological polar surface area (TPSA) is 517 Å². The van der Waals surface area contributed by atoms with Crippen molar-refractivity contribution in [1.29, 1.82) is 0 Å². The van der Waals surface area contributed by atoms with Crippen molar-refractivity contribution < 1.29 is 133 Å². The number of Topliss-reactive ketones (excluding diaryl/α,β-unsaturated/α-hetero) is 2. The lowest BCUT2D eigenvalue weighted by Gasteiger charge is -2.35. The first-order valence-corrected chi connectivity index (χ1v) is 45.8. The highest BCUT2D eigenvalue weighted by Crippen LogP contribution is 2.31. The van der Waals surface area contributed by atoms with Crippen LogP contribution in [0.15, 0.2) is 59.9 Å². The summed E-state index contributed by atoms with van der Waals surface area (Å²) in [5.74, 6) is -9.05. The van der Waals surface area contributed by atoms with Crippen LogP contribution in [0.5, 0.6) is 0 Å².